The van der Waals surface area contributed by atoms with Crippen molar-refractivity contribution in [3.63, 3.8) is 0 Å². The molecule has 13 heteroatoms. The molecule has 0 spiro atoms. The number of sulfone groups is 1. The number of likely N-dealkylation sites (tertiary alicyclic amines) is 1. The van der Waals surface area contributed by atoms with Crippen molar-refractivity contribution in [3.8, 4) is 0 Å². The molecule has 4 N–H and O–H groups in total. The van der Waals surface area contributed by atoms with Gasteiger partial charge >= 0.3 is 6.03 Å². The first-order valence-corrected chi connectivity index (χ1v) is 22.4. The summed E-state index contributed by atoms with van der Waals surface area (Å²) in [5.41, 5.74) is -2.03. The largest absolute Gasteiger partial charge is 0.346 e. The lowest BCUT2D eigenvalue weighted by Gasteiger charge is -2.44. The number of nitrogens with one attached hydrogen (secondary N) is 4. The van der Waals surface area contributed by atoms with Gasteiger partial charge in [-0.05, 0) is 81.5 Å². The van der Waals surface area contributed by atoms with Crippen LogP contribution in [0.15, 0.2) is 25.3 Å². The number of ketones is 1. The summed E-state index contributed by atoms with van der Waals surface area (Å²) < 4.78 is 26.5. The molecule has 310 valence electrons. The molecule has 4 fully saturated rings. The molecular formula is C42H69N5O7S. The molecule has 4 atom stereocenters. The Bertz CT molecular complexity index is 1560. The zero-order valence-electron chi connectivity index (χ0n) is 34.4. The predicted molar refractivity (Wildman–Crippen MR) is 216 cm³/mol. The average Bonchev–Trinajstić information content (AvgIpc) is 3.84. The van der Waals surface area contributed by atoms with Gasteiger partial charge in [-0.1, -0.05) is 91.2 Å². The highest BCUT2D eigenvalue weighted by Gasteiger charge is 2.51. The summed E-state index contributed by atoms with van der Waals surface area (Å²) in [4.78, 5) is 71.3. The topological polar surface area (TPSA) is 171 Å². The van der Waals surface area contributed by atoms with Gasteiger partial charge in [0.25, 0.3) is 5.91 Å². The molecule has 1 saturated heterocycles. The first kappa shape index (κ1) is 44.5. The molecule has 0 aromatic carbocycles. The van der Waals surface area contributed by atoms with Gasteiger partial charge in [0.05, 0.1) is 22.1 Å². The maximum absolute atomic E-state index is 15.1. The second kappa shape index (κ2) is 17.9. The van der Waals surface area contributed by atoms with Gasteiger partial charge in [-0.2, -0.15) is 0 Å². The molecule has 3 aliphatic carbocycles. The van der Waals surface area contributed by atoms with Crippen LogP contribution in [-0.4, -0.2) is 90.1 Å². The fraction of sp³-hybridized carbons (Fsp3) is 0.786. The Morgan fingerprint density at radius 3 is 2.05 bits per heavy atom. The number of carbonyl (C=O) groups excluding carboxylic acids is 5. The van der Waals surface area contributed by atoms with E-state index in [1.807, 2.05) is 33.8 Å². The van der Waals surface area contributed by atoms with Gasteiger partial charge in [0, 0.05) is 13.1 Å². The number of Topliss-reactive ketones (excluding diaryl/α,β-unsaturated/α-hetero) is 1. The molecule has 12 nitrogen and oxygen atoms in total. The van der Waals surface area contributed by atoms with Crippen molar-refractivity contribution in [2.75, 3.05) is 18.8 Å². The highest BCUT2D eigenvalue weighted by molar-refractivity contribution is 7.92. The fourth-order valence-electron chi connectivity index (χ4n) is 8.70. The van der Waals surface area contributed by atoms with E-state index in [1.54, 1.807) is 18.7 Å². The van der Waals surface area contributed by atoms with E-state index >= 15 is 4.79 Å². The highest BCUT2D eigenvalue weighted by atomic mass is 32.2. The van der Waals surface area contributed by atoms with Crippen LogP contribution in [0.4, 0.5) is 4.79 Å². The van der Waals surface area contributed by atoms with Crippen molar-refractivity contribution in [1.29, 1.82) is 0 Å². The van der Waals surface area contributed by atoms with Crippen molar-refractivity contribution < 1.29 is 32.4 Å². The minimum Gasteiger partial charge on any atom is -0.346 e. The third kappa shape index (κ3) is 10.8. The molecule has 1 aliphatic heterocycles. The molecule has 3 saturated carbocycles. The number of allylic oxidation sites excluding steroid dienone is 1. The minimum atomic E-state index is -3.60. The second-order valence-electron chi connectivity index (χ2n) is 18.5. The smallest absolute Gasteiger partial charge is 0.315 e. The predicted octanol–water partition coefficient (Wildman–Crippen LogP) is 5.52. The molecule has 1 unspecified atom stereocenters. The molecule has 0 aromatic heterocycles. The molecule has 5 amide bonds. The number of rotatable bonds is 18. The number of nitrogens with zero attached hydrogens (tertiary/aromatic N) is 1. The van der Waals surface area contributed by atoms with Crippen LogP contribution in [-0.2, 0) is 29.0 Å². The third-order valence-corrected chi connectivity index (χ3v) is 16.5. The number of carbonyl (C=O) groups is 5. The molecule has 4 rings (SSSR count). The number of hydrogen-bond acceptors (Lipinski definition) is 7. The number of urea groups is 1. The van der Waals surface area contributed by atoms with Crippen LogP contribution in [0.2, 0.25) is 0 Å². The Morgan fingerprint density at radius 2 is 1.51 bits per heavy atom. The van der Waals surface area contributed by atoms with E-state index in [1.165, 1.54) is 6.08 Å². The zero-order valence-corrected chi connectivity index (χ0v) is 35.2. The monoisotopic (exact) mass is 787 g/mol. The van der Waals surface area contributed by atoms with E-state index in [-0.39, 0.29) is 36.6 Å². The van der Waals surface area contributed by atoms with Crippen molar-refractivity contribution in [2.24, 2.45) is 22.7 Å². The molecule has 0 radical (unpaired) electrons. The van der Waals surface area contributed by atoms with Gasteiger partial charge in [-0.15, -0.1) is 13.2 Å². The minimum absolute atomic E-state index is 0.117. The van der Waals surface area contributed by atoms with Crippen molar-refractivity contribution in [2.45, 2.75) is 166 Å². The van der Waals surface area contributed by atoms with Crippen LogP contribution in [0.3, 0.4) is 0 Å². The molecule has 1 heterocycles. The Balaban J connectivity index is 1.65. The Kier molecular flexibility index (Phi) is 14.5. The molecule has 4 aliphatic rings. The lowest BCUT2D eigenvalue weighted by atomic mass is 9.70. The van der Waals surface area contributed by atoms with E-state index in [4.69, 9.17) is 0 Å². The van der Waals surface area contributed by atoms with Gasteiger partial charge < -0.3 is 26.2 Å². The molecule has 0 aromatic rings. The van der Waals surface area contributed by atoms with Gasteiger partial charge in [0.1, 0.15) is 12.1 Å². The van der Waals surface area contributed by atoms with Crippen LogP contribution >= 0.6 is 0 Å². The lowest BCUT2D eigenvalue weighted by Crippen LogP contribution is -2.64. The third-order valence-electron chi connectivity index (χ3n) is 13.6. The van der Waals surface area contributed by atoms with Crippen LogP contribution in [0.1, 0.15) is 138 Å². The normalized spacial score (nSPS) is 23.8. The summed E-state index contributed by atoms with van der Waals surface area (Å²) in [6.07, 6.45) is 13.9. The summed E-state index contributed by atoms with van der Waals surface area (Å²) in [5.74, 6) is -2.51. The first-order valence-electron chi connectivity index (χ1n) is 20.7. The van der Waals surface area contributed by atoms with E-state index in [0.717, 1.165) is 51.4 Å². The zero-order chi connectivity index (χ0) is 40.8. The van der Waals surface area contributed by atoms with Crippen LogP contribution in [0.25, 0.3) is 0 Å². The summed E-state index contributed by atoms with van der Waals surface area (Å²) in [5, 5.41) is 11.6. The summed E-state index contributed by atoms with van der Waals surface area (Å²) >= 11 is 0. The SMILES string of the molecule is C=CCNC(=O)C(=O)C(CC1CC1)NC(=O)[C@@H]1C[C@@H](C(C)(C)C=C)CN1C(=O)[C@@H](NC(=O)NC1(CS(=O)(=O)C(C)(C)CC)CCCCC1)C1(C)CCCCC1. The van der Waals surface area contributed by atoms with Crippen LogP contribution in [0.5, 0.6) is 0 Å². The van der Waals surface area contributed by atoms with E-state index < -0.39 is 72.7 Å². The average molecular weight is 788 g/mol. The van der Waals surface area contributed by atoms with Crippen molar-refractivity contribution in [3.05, 3.63) is 25.3 Å². The van der Waals surface area contributed by atoms with Crippen molar-refractivity contribution in [1.82, 2.24) is 26.2 Å². The van der Waals surface area contributed by atoms with Crippen molar-refractivity contribution >= 4 is 39.4 Å². The lowest BCUT2D eigenvalue weighted by molar-refractivity contribution is -0.144. The van der Waals surface area contributed by atoms with Crippen LogP contribution in [0, 0.1) is 22.7 Å². The Labute approximate surface area is 330 Å². The summed E-state index contributed by atoms with van der Waals surface area (Å²) in [6.45, 7) is 19.3. The summed E-state index contributed by atoms with van der Waals surface area (Å²) in [7, 11) is -3.60. The van der Waals surface area contributed by atoms with Gasteiger partial charge in [-0.3, -0.25) is 19.2 Å². The first-order chi connectivity index (χ1) is 25.7. The van der Waals surface area contributed by atoms with Gasteiger partial charge in [-0.25, -0.2) is 13.2 Å². The van der Waals surface area contributed by atoms with E-state index in [2.05, 4.69) is 34.4 Å². The number of amides is 5. The number of hydrogen-bond donors (Lipinski definition) is 4. The van der Waals surface area contributed by atoms with E-state index in [9.17, 15) is 27.6 Å². The van der Waals surface area contributed by atoms with Crippen LogP contribution < -0.4 is 21.3 Å². The molecule has 55 heavy (non-hydrogen) atoms. The Morgan fingerprint density at radius 1 is 0.909 bits per heavy atom. The van der Waals surface area contributed by atoms with Gasteiger partial charge in [0.15, 0.2) is 9.84 Å². The maximum atomic E-state index is 15.1. The molecule has 0 bridgehead atoms. The maximum Gasteiger partial charge on any atom is 0.315 e. The fourth-order valence-corrected chi connectivity index (χ4v) is 10.6. The Hall–Kier alpha value is -3.22. The standard InChI is InChI=1S/C42H69N5O7S/c1-9-24-43-36(50)33(48)31(25-29-18-19-29)44-35(49)32-26-30(39(4,5)10-2)27-47(32)37(51)34(41(8)20-14-12-15-21-41)45-38(52)46-42(22-16-13-17-23-42)28-55(53,54)40(6,7)11-3/h9-10,29-32,34H,1-2,11-28H2,3-8H3,(H,43,50)(H,44,49)(H2,45,46,52)/t30-,31?,32+,34-/m1/s1. The quantitative estimate of drug-likeness (QED) is 0.105. The highest BCUT2D eigenvalue weighted by Crippen LogP contribution is 2.43. The second-order valence-corrected chi connectivity index (χ2v) is 21.2. The van der Waals surface area contributed by atoms with E-state index in [0.29, 0.717) is 44.9 Å². The van der Waals surface area contributed by atoms with Gasteiger partial charge in [0.2, 0.25) is 17.6 Å². The summed E-state index contributed by atoms with van der Waals surface area (Å²) in [6, 6.07) is -3.57. The molecular weight excluding hydrogens is 719 g/mol.